The van der Waals surface area contributed by atoms with Gasteiger partial charge in [0.1, 0.15) is 0 Å². The minimum atomic E-state index is 0.0754. The van der Waals surface area contributed by atoms with Gasteiger partial charge in [-0.3, -0.25) is 0 Å². The fourth-order valence-corrected chi connectivity index (χ4v) is 1.50. The lowest BCUT2D eigenvalue weighted by molar-refractivity contribution is 0.0384. The molecule has 1 aliphatic carbocycles. The zero-order valence-corrected chi connectivity index (χ0v) is 8.47. The Morgan fingerprint density at radius 1 is 1.50 bits per heavy atom. The van der Waals surface area contributed by atoms with Crippen molar-refractivity contribution in [1.29, 1.82) is 0 Å². The summed E-state index contributed by atoms with van der Waals surface area (Å²) in [7, 11) is 0. The van der Waals surface area contributed by atoms with Crippen LogP contribution in [-0.4, -0.2) is 18.2 Å². The second-order valence-electron chi connectivity index (χ2n) is 4.18. The van der Waals surface area contributed by atoms with Crippen molar-refractivity contribution in [2.75, 3.05) is 6.61 Å². The highest BCUT2D eigenvalue weighted by Gasteiger charge is 2.46. The quantitative estimate of drug-likeness (QED) is 0.686. The molecule has 1 rings (SSSR count). The maximum Gasteiger partial charge on any atom is 0.0570 e. The highest BCUT2D eigenvalue weighted by atomic mass is 16.5. The van der Waals surface area contributed by atoms with E-state index in [4.69, 9.17) is 10.5 Å². The number of nitrogens with two attached hydrogens (primary N) is 1. The summed E-state index contributed by atoms with van der Waals surface area (Å²) >= 11 is 0. The lowest BCUT2D eigenvalue weighted by Gasteiger charge is -2.14. The van der Waals surface area contributed by atoms with Crippen molar-refractivity contribution in [3.05, 3.63) is 0 Å². The smallest absolute Gasteiger partial charge is 0.0570 e. The van der Waals surface area contributed by atoms with Crippen LogP contribution in [0.5, 0.6) is 0 Å². The van der Waals surface area contributed by atoms with Gasteiger partial charge in [0.2, 0.25) is 0 Å². The molecule has 0 radical (unpaired) electrons. The van der Waals surface area contributed by atoms with Crippen LogP contribution >= 0.6 is 0 Å². The van der Waals surface area contributed by atoms with Crippen molar-refractivity contribution in [3.8, 4) is 0 Å². The van der Waals surface area contributed by atoms with Gasteiger partial charge in [0.15, 0.2) is 0 Å². The molecule has 2 N–H and O–H groups in total. The second kappa shape index (κ2) is 3.75. The summed E-state index contributed by atoms with van der Waals surface area (Å²) in [6, 6.07) is 0. The van der Waals surface area contributed by atoms with Gasteiger partial charge in [-0.1, -0.05) is 13.8 Å². The summed E-state index contributed by atoms with van der Waals surface area (Å²) in [4.78, 5) is 0. The van der Waals surface area contributed by atoms with Crippen molar-refractivity contribution in [3.63, 3.8) is 0 Å². The topological polar surface area (TPSA) is 35.2 Å². The Morgan fingerprint density at radius 3 is 2.33 bits per heavy atom. The van der Waals surface area contributed by atoms with Gasteiger partial charge in [0, 0.05) is 11.5 Å². The molecule has 2 heteroatoms. The van der Waals surface area contributed by atoms with E-state index < -0.39 is 0 Å². The lowest BCUT2D eigenvalue weighted by Crippen LogP contribution is -2.23. The Morgan fingerprint density at radius 2 is 2.00 bits per heavy atom. The average molecular weight is 171 g/mol. The van der Waals surface area contributed by atoms with E-state index in [-0.39, 0.29) is 5.54 Å². The monoisotopic (exact) mass is 171 g/mol. The number of rotatable bonds is 5. The highest BCUT2D eigenvalue weighted by Crippen LogP contribution is 2.40. The summed E-state index contributed by atoms with van der Waals surface area (Å²) in [5.74, 6) is 0.609. The number of hydrogen-bond acceptors (Lipinski definition) is 2. The standard InChI is InChI=1S/C10H21NO/c1-4-9(5-2)12-7-8-6-10(8,3)11/h8-9H,4-7,11H2,1-3H3. The van der Waals surface area contributed by atoms with Gasteiger partial charge >= 0.3 is 0 Å². The molecule has 0 aromatic heterocycles. The molecule has 2 nitrogen and oxygen atoms in total. The van der Waals surface area contributed by atoms with Gasteiger partial charge in [0.25, 0.3) is 0 Å². The van der Waals surface area contributed by atoms with E-state index in [1.807, 2.05) is 0 Å². The summed E-state index contributed by atoms with van der Waals surface area (Å²) in [5.41, 5.74) is 5.97. The predicted molar refractivity (Wildman–Crippen MR) is 51.0 cm³/mol. The minimum Gasteiger partial charge on any atom is -0.378 e. The summed E-state index contributed by atoms with van der Waals surface area (Å²) < 4.78 is 5.72. The van der Waals surface area contributed by atoms with Crippen molar-refractivity contribution in [2.45, 2.75) is 51.7 Å². The van der Waals surface area contributed by atoms with Crippen LogP contribution in [0.3, 0.4) is 0 Å². The molecule has 0 aliphatic heterocycles. The van der Waals surface area contributed by atoms with E-state index in [1.165, 1.54) is 0 Å². The van der Waals surface area contributed by atoms with E-state index in [1.54, 1.807) is 0 Å². The first-order chi connectivity index (χ1) is 5.60. The normalized spacial score (nSPS) is 34.2. The maximum atomic E-state index is 5.90. The van der Waals surface area contributed by atoms with Crippen LogP contribution in [0, 0.1) is 5.92 Å². The van der Waals surface area contributed by atoms with Gasteiger partial charge in [-0.15, -0.1) is 0 Å². The molecule has 1 saturated carbocycles. The molecule has 0 aromatic carbocycles. The number of ether oxygens (including phenoxy) is 1. The third-order valence-corrected chi connectivity index (χ3v) is 2.90. The average Bonchev–Trinajstić information content (AvgIpc) is 2.61. The molecule has 2 atom stereocenters. The van der Waals surface area contributed by atoms with Crippen molar-refractivity contribution >= 4 is 0 Å². The number of hydrogen-bond donors (Lipinski definition) is 1. The SMILES string of the molecule is CCC(CC)OCC1CC1(C)N. The van der Waals surface area contributed by atoms with Crippen LogP contribution in [-0.2, 0) is 4.74 Å². The van der Waals surface area contributed by atoms with Crippen LogP contribution in [0.4, 0.5) is 0 Å². The molecule has 2 unspecified atom stereocenters. The molecule has 12 heavy (non-hydrogen) atoms. The van der Waals surface area contributed by atoms with Gasteiger partial charge < -0.3 is 10.5 Å². The van der Waals surface area contributed by atoms with Crippen LogP contribution in [0.15, 0.2) is 0 Å². The molecule has 0 aromatic rings. The fourth-order valence-electron chi connectivity index (χ4n) is 1.50. The third-order valence-electron chi connectivity index (χ3n) is 2.90. The lowest BCUT2D eigenvalue weighted by atomic mass is 10.2. The van der Waals surface area contributed by atoms with E-state index in [0.29, 0.717) is 12.0 Å². The van der Waals surface area contributed by atoms with Gasteiger partial charge in [-0.25, -0.2) is 0 Å². The Hall–Kier alpha value is -0.0800. The summed E-state index contributed by atoms with van der Waals surface area (Å²) in [6.07, 6.45) is 3.81. The molecule has 0 saturated heterocycles. The van der Waals surface area contributed by atoms with Gasteiger partial charge in [-0.2, -0.15) is 0 Å². The second-order valence-corrected chi connectivity index (χ2v) is 4.18. The first-order valence-electron chi connectivity index (χ1n) is 5.00. The third kappa shape index (κ3) is 2.46. The Kier molecular flexibility index (Phi) is 3.13. The Labute approximate surface area is 75.5 Å². The van der Waals surface area contributed by atoms with Crippen molar-refractivity contribution < 1.29 is 4.74 Å². The molecular weight excluding hydrogens is 150 g/mol. The molecule has 0 spiro atoms. The Bertz CT molecular complexity index is 139. The zero-order chi connectivity index (χ0) is 9.19. The van der Waals surface area contributed by atoms with E-state index in [0.717, 1.165) is 25.9 Å². The van der Waals surface area contributed by atoms with Crippen LogP contribution in [0.2, 0.25) is 0 Å². The molecule has 1 fully saturated rings. The molecule has 1 aliphatic rings. The van der Waals surface area contributed by atoms with E-state index in [9.17, 15) is 0 Å². The van der Waals surface area contributed by atoms with Crippen LogP contribution < -0.4 is 5.73 Å². The summed E-state index contributed by atoms with van der Waals surface area (Å²) in [6.45, 7) is 7.30. The predicted octanol–water partition coefficient (Wildman–Crippen LogP) is 1.93. The molecule has 0 bridgehead atoms. The largest absolute Gasteiger partial charge is 0.378 e. The minimum absolute atomic E-state index is 0.0754. The molecule has 72 valence electrons. The van der Waals surface area contributed by atoms with Gasteiger partial charge in [-0.05, 0) is 26.2 Å². The molecule has 0 amide bonds. The summed E-state index contributed by atoms with van der Waals surface area (Å²) in [5, 5.41) is 0. The molecule has 0 heterocycles. The maximum absolute atomic E-state index is 5.90. The van der Waals surface area contributed by atoms with Crippen LogP contribution in [0.1, 0.15) is 40.0 Å². The molecular formula is C10H21NO. The van der Waals surface area contributed by atoms with Crippen molar-refractivity contribution in [1.82, 2.24) is 0 Å². The van der Waals surface area contributed by atoms with Gasteiger partial charge in [0.05, 0.1) is 12.7 Å². The van der Waals surface area contributed by atoms with Crippen molar-refractivity contribution in [2.24, 2.45) is 11.7 Å². The van der Waals surface area contributed by atoms with E-state index in [2.05, 4.69) is 20.8 Å². The first kappa shape index (κ1) is 10.0. The first-order valence-corrected chi connectivity index (χ1v) is 5.00. The van der Waals surface area contributed by atoms with Crippen LogP contribution in [0.25, 0.3) is 0 Å². The zero-order valence-electron chi connectivity index (χ0n) is 8.47. The highest BCUT2D eigenvalue weighted by molar-refractivity contribution is 5.03. The fraction of sp³-hybridized carbons (Fsp3) is 1.00. The van der Waals surface area contributed by atoms with E-state index >= 15 is 0 Å². The Balaban J connectivity index is 2.10.